The minimum atomic E-state index is -0.470. The first-order valence-corrected chi connectivity index (χ1v) is 10.1. The molecular weight excluding hydrogens is 350 g/mol. The third-order valence-electron chi connectivity index (χ3n) is 5.28. The lowest BCUT2D eigenvalue weighted by molar-refractivity contribution is 0.111. The fraction of sp³-hybridized carbons (Fsp3) is 0.500. The minimum absolute atomic E-state index is 0.401. The molecule has 6 heteroatoms. The van der Waals surface area contributed by atoms with Gasteiger partial charge in [-0.05, 0) is 36.6 Å². The highest BCUT2D eigenvalue weighted by molar-refractivity contribution is 5.79. The summed E-state index contributed by atoms with van der Waals surface area (Å²) in [5.41, 5.74) is 4.03. The summed E-state index contributed by atoms with van der Waals surface area (Å²) in [4.78, 5) is 9.10. The Morgan fingerprint density at radius 1 is 1.25 bits per heavy atom. The van der Waals surface area contributed by atoms with Gasteiger partial charge in [0.15, 0.2) is 5.96 Å². The number of aromatic nitrogens is 1. The number of aliphatic hydroxyl groups is 1. The zero-order valence-electron chi connectivity index (χ0n) is 17.3. The maximum absolute atomic E-state index is 10.5. The molecule has 0 radical (unpaired) electrons. The fourth-order valence-corrected chi connectivity index (χ4v) is 3.71. The van der Waals surface area contributed by atoms with E-state index in [0.29, 0.717) is 13.1 Å². The van der Waals surface area contributed by atoms with Gasteiger partial charge in [-0.3, -0.25) is 9.89 Å². The third kappa shape index (κ3) is 5.36. The second kappa shape index (κ2) is 9.75. The number of hydrogen-bond donors (Lipinski definition) is 2. The van der Waals surface area contributed by atoms with Crippen molar-refractivity contribution in [3.63, 3.8) is 0 Å². The molecule has 1 unspecified atom stereocenters. The summed E-state index contributed by atoms with van der Waals surface area (Å²) >= 11 is 0. The molecule has 6 nitrogen and oxygen atoms in total. The van der Waals surface area contributed by atoms with Crippen LogP contribution in [0.25, 0.3) is 0 Å². The van der Waals surface area contributed by atoms with E-state index >= 15 is 0 Å². The number of nitrogens with zero attached hydrogens (tertiary/aromatic N) is 4. The fourth-order valence-electron chi connectivity index (χ4n) is 3.71. The minimum Gasteiger partial charge on any atom is -0.390 e. The van der Waals surface area contributed by atoms with Crippen molar-refractivity contribution in [3.05, 3.63) is 59.4 Å². The molecule has 0 saturated carbocycles. The van der Waals surface area contributed by atoms with Crippen LogP contribution in [0.5, 0.6) is 0 Å². The average molecular weight is 384 g/mol. The summed E-state index contributed by atoms with van der Waals surface area (Å²) < 4.78 is 2.11. The lowest BCUT2D eigenvalue weighted by Gasteiger charge is -2.30. The molecule has 1 atom stereocenters. The molecule has 1 aromatic heterocycles. The molecular formula is C22H33N5O. The Labute approximate surface area is 168 Å². The van der Waals surface area contributed by atoms with Gasteiger partial charge < -0.3 is 19.9 Å². The molecule has 152 valence electrons. The van der Waals surface area contributed by atoms with Gasteiger partial charge in [0.2, 0.25) is 0 Å². The molecule has 0 fully saturated rings. The number of rotatable bonds is 7. The van der Waals surface area contributed by atoms with Gasteiger partial charge >= 0.3 is 0 Å². The predicted molar refractivity (Wildman–Crippen MR) is 114 cm³/mol. The molecule has 0 bridgehead atoms. The first-order chi connectivity index (χ1) is 13.6. The van der Waals surface area contributed by atoms with E-state index in [0.717, 1.165) is 38.6 Å². The van der Waals surface area contributed by atoms with Gasteiger partial charge in [-0.15, -0.1) is 0 Å². The van der Waals surface area contributed by atoms with Crippen LogP contribution in [-0.4, -0.2) is 64.8 Å². The Morgan fingerprint density at radius 2 is 2.04 bits per heavy atom. The molecule has 28 heavy (non-hydrogen) atoms. The third-order valence-corrected chi connectivity index (χ3v) is 5.28. The summed E-state index contributed by atoms with van der Waals surface area (Å²) in [6, 6.07) is 12.8. The number of fused-ring (bicyclic) bond motifs is 1. The van der Waals surface area contributed by atoms with Gasteiger partial charge in [0, 0.05) is 52.2 Å². The number of hydrogen-bond acceptors (Lipinski definition) is 3. The maximum Gasteiger partial charge on any atom is 0.194 e. The van der Waals surface area contributed by atoms with Gasteiger partial charge in [-0.25, -0.2) is 0 Å². The molecule has 1 aromatic carbocycles. The predicted octanol–water partition coefficient (Wildman–Crippen LogP) is 1.84. The number of aliphatic hydroxyl groups excluding tert-OH is 1. The lowest BCUT2D eigenvalue weighted by Crippen LogP contribution is -2.41. The van der Waals surface area contributed by atoms with Crippen LogP contribution >= 0.6 is 0 Å². The Bertz CT molecular complexity index is 785. The normalized spacial score (nSPS) is 15.9. The van der Waals surface area contributed by atoms with E-state index in [1.54, 1.807) is 0 Å². The smallest absolute Gasteiger partial charge is 0.194 e. The van der Waals surface area contributed by atoms with Crippen molar-refractivity contribution in [3.8, 4) is 0 Å². The van der Waals surface area contributed by atoms with E-state index in [2.05, 4.69) is 61.9 Å². The summed E-state index contributed by atoms with van der Waals surface area (Å²) in [5, 5.41) is 13.9. The van der Waals surface area contributed by atoms with Crippen LogP contribution in [0.4, 0.5) is 0 Å². The van der Waals surface area contributed by atoms with Crippen LogP contribution in [0.15, 0.2) is 47.6 Å². The zero-order valence-corrected chi connectivity index (χ0v) is 17.3. The number of β-amino-alcohol motifs (C(OH)–C–C–N with tert-alkyl or cyclic N) is 1. The van der Waals surface area contributed by atoms with Crippen LogP contribution < -0.4 is 5.32 Å². The van der Waals surface area contributed by atoms with Gasteiger partial charge in [0.25, 0.3) is 0 Å². The van der Waals surface area contributed by atoms with Crippen LogP contribution in [0.3, 0.4) is 0 Å². The zero-order chi connectivity index (χ0) is 19.9. The number of benzene rings is 1. The van der Waals surface area contributed by atoms with E-state index < -0.39 is 6.10 Å². The van der Waals surface area contributed by atoms with E-state index in [-0.39, 0.29) is 0 Å². The largest absolute Gasteiger partial charge is 0.390 e. The van der Waals surface area contributed by atoms with Crippen molar-refractivity contribution in [2.45, 2.75) is 32.5 Å². The molecule has 1 aliphatic heterocycles. The maximum atomic E-state index is 10.5. The summed E-state index contributed by atoms with van der Waals surface area (Å²) in [6.45, 7) is 6.59. The van der Waals surface area contributed by atoms with Gasteiger partial charge in [0.1, 0.15) is 0 Å². The molecule has 0 aliphatic carbocycles. The van der Waals surface area contributed by atoms with Crippen LogP contribution in [0.1, 0.15) is 23.7 Å². The summed E-state index contributed by atoms with van der Waals surface area (Å²) in [5.74, 6) is 0.826. The number of guanidine groups is 1. The lowest BCUT2D eigenvalue weighted by atomic mass is 10.00. The highest BCUT2D eigenvalue weighted by Gasteiger charge is 2.18. The van der Waals surface area contributed by atoms with Crippen LogP contribution in [0.2, 0.25) is 0 Å². The highest BCUT2D eigenvalue weighted by atomic mass is 16.3. The Hall–Kier alpha value is -2.31. The molecule has 0 saturated heterocycles. The monoisotopic (exact) mass is 383 g/mol. The Morgan fingerprint density at radius 3 is 2.75 bits per heavy atom. The van der Waals surface area contributed by atoms with E-state index in [4.69, 9.17) is 0 Å². The number of aryl methyl sites for hydroxylation is 1. The van der Waals surface area contributed by atoms with Crippen LogP contribution in [-0.2, 0) is 26.6 Å². The van der Waals surface area contributed by atoms with E-state index in [9.17, 15) is 5.11 Å². The Kier molecular flexibility index (Phi) is 7.12. The van der Waals surface area contributed by atoms with Gasteiger partial charge in [0.05, 0.1) is 19.2 Å². The highest BCUT2D eigenvalue weighted by Crippen LogP contribution is 2.18. The van der Waals surface area contributed by atoms with Crippen molar-refractivity contribution in [1.29, 1.82) is 0 Å². The molecule has 2 aromatic rings. The summed E-state index contributed by atoms with van der Waals surface area (Å²) in [6.07, 6.45) is 2.63. The van der Waals surface area contributed by atoms with E-state index in [1.165, 1.54) is 16.8 Å². The Balaban J connectivity index is 1.54. The second-order valence-electron chi connectivity index (χ2n) is 7.57. The molecule has 2 N–H and O–H groups in total. The van der Waals surface area contributed by atoms with Crippen molar-refractivity contribution in [2.24, 2.45) is 12.0 Å². The van der Waals surface area contributed by atoms with Gasteiger partial charge in [-0.2, -0.15) is 0 Å². The van der Waals surface area contributed by atoms with Crippen LogP contribution in [0, 0.1) is 0 Å². The molecule has 3 rings (SSSR count). The molecule has 2 heterocycles. The first-order valence-electron chi connectivity index (χ1n) is 10.1. The SMILES string of the molecule is CCNC(=NCC(O)CN1CCc2ccccc2C1)N(C)Cc1cccn1C. The number of nitrogens with one attached hydrogen (secondary N) is 1. The van der Waals surface area contributed by atoms with Crippen molar-refractivity contribution < 1.29 is 5.11 Å². The summed E-state index contributed by atoms with van der Waals surface area (Å²) in [7, 11) is 4.08. The standard InChI is InChI=1S/C22H33N5O/c1-4-23-22(26(3)16-20-10-7-12-25(20)2)24-14-21(28)17-27-13-11-18-8-5-6-9-19(18)15-27/h5-10,12,21,28H,4,11,13-17H2,1-3H3,(H,23,24). The first kappa shape index (κ1) is 20.4. The average Bonchev–Trinajstić information content (AvgIpc) is 3.09. The molecule has 0 amide bonds. The van der Waals surface area contributed by atoms with E-state index in [1.807, 2.05) is 26.4 Å². The second-order valence-corrected chi connectivity index (χ2v) is 7.57. The topological polar surface area (TPSA) is 56.0 Å². The van der Waals surface area contributed by atoms with Gasteiger partial charge in [-0.1, -0.05) is 24.3 Å². The van der Waals surface area contributed by atoms with Crippen molar-refractivity contribution >= 4 is 5.96 Å². The van der Waals surface area contributed by atoms with Crippen molar-refractivity contribution in [1.82, 2.24) is 19.7 Å². The number of aliphatic imine (C=N–C) groups is 1. The molecule has 1 aliphatic rings. The van der Waals surface area contributed by atoms with Crippen molar-refractivity contribution in [2.75, 3.05) is 33.2 Å². The molecule has 0 spiro atoms. The quantitative estimate of drug-likeness (QED) is 0.566.